The largest absolute Gasteiger partial charge is 0.392 e. The van der Waals surface area contributed by atoms with Gasteiger partial charge in [0.15, 0.2) is 0 Å². The zero-order valence-electron chi connectivity index (χ0n) is 12.9. The molecule has 118 valence electrons. The molecule has 0 radical (unpaired) electrons. The van der Waals surface area contributed by atoms with Gasteiger partial charge in [0.1, 0.15) is 0 Å². The van der Waals surface area contributed by atoms with E-state index in [4.69, 9.17) is 0 Å². The summed E-state index contributed by atoms with van der Waals surface area (Å²) < 4.78 is 1.94. The number of hydrogen-bond acceptors (Lipinski definition) is 4. The molecular formula is C16H28N4O. The van der Waals surface area contributed by atoms with E-state index in [0.717, 1.165) is 26.2 Å². The van der Waals surface area contributed by atoms with Gasteiger partial charge in [-0.1, -0.05) is 24.5 Å². The second-order valence-electron chi connectivity index (χ2n) is 6.83. The molecule has 1 N–H and O–H groups in total. The Morgan fingerprint density at radius 1 is 1.10 bits per heavy atom. The molecule has 5 nitrogen and oxygen atoms in total. The Hall–Kier alpha value is -0.940. The highest BCUT2D eigenvalue weighted by Crippen LogP contribution is 2.27. The lowest BCUT2D eigenvalue weighted by Gasteiger charge is -2.35. The SMILES string of the molecule is OC(CN1CCC(Cn2ccnn2)CC1)C1CCCCC1. The second kappa shape index (κ2) is 7.36. The maximum atomic E-state index is 10.4. The number of rotatable bonds is 5. The Morgan fingerprint density at radius 3 is 2.52 bits per heavy atom. The zero-order chi connectivity index (χ0) is 14.5. The van der Waals surface area contributed by atoms with Crippen LogP contribution in [0.25, 0.3) is 0 Å². The van der Waals surface area contributed by atoms with Gasteiger partial charge in [0, 0.05) is 19.3 Å². The van der Waals surface area contributed by atoms with Crippen LogP contribution in [0.2, 0.25) is 0 Å². The molecule has 1 aromatic heterocycles. The molecule has 3 rings (SSSR count). The number of nitrogens with zero attached hydrogens (tertiary/aromatic N) is 4. The average Bonchev–Trinajstić information content (AvgIpc) is 3.03. The molecular weight excluding hydrogens is 264 g/mol. The Morgan fingerprint density at radius 2 is 1.86 bits per heavy atom. The van der Waals surface area contributed by atoms with Crippen LogP contribution in [0.5, 0.6) is 0 Å². The summed E-state index contributed by atoms with van der Waals surface area (Å²) in [5.41, 5.74) is 0. The van der Waals surface area contributed by atoms with Gasteiger partial charge >= 0.3 is 0 Å². The van der Waals surface area contributed by atoms with Gasteiger partial charge < -0.3 is 10.0 Å². The molecule has 2 fully saturated rings. The van der Waals surface area contributed by atoms with Crippen molar-refractivity contribution in [3.8, 4) is 0 Å². The third-order valence-corrected chi connectivity index (χ3v) is 5.26. The molecule has 1 aliphatic carbocycles. The van der Waals surface area contributed by atoms with Gasteiger partial charge in [-0.25, -0.2) is 0 Å². The van der Waals surface area contributed by atoms with Crippen molar-refractivity contribution >= 4 is 0 Å². The van der Waals surface area contributed by atoms with Crippen LogP contribution in [0.4, 0.5) is 0 Å². The smallest absolute Gasteiger partial charge is 0.0695 e. The third kappa shape index (κ3) is 4.27. The van der Waals surface area contributed by atoms with Crippen LogP contribution < -0.4 is 0 Å². The zero-order valence-corrected chi connectivity index (χ0v) is 12.9. The minimum absolute atomic E-state index is 0.114. The van der Waals surface area contributed by atoms with E-state index in [1.54, 1.807) is 6.20 Å². The molecule has 1 unspecified atom stereocenters. The highest BCUT2D eigenvalue weighted by molar-refractivity contribution is 4.79. The summed E-state index contributed by atoms with van der Waals surface area (Å²) in [6.45, 7) is 4.09. The van der Waals surface area contributed by atoms with Crippen LogP contribution >= 0.6 is 0 Å². The van der Waals surface area contributed by atoms with E-state index < -0.39 is 0 Å². The van der Waals surface area contributed by atoms with Crippen molar-refractivity contribution in [3.63, 3.8) is 0 Å². The minimum atomic E-state index is -0.114. The normalized spacial score (nSPS) is 24.2. The van der Waals surface area contributed by atoms with Crippen molar-refractivity contribution in [2.24, 2.45) is 11.8 Å². The number of aliphatic hydroxyl groups is 1. The molecule has 1 aromatic rings. The minimum Gasteiger partial charge on any atom is -0.392 e. The molecule has 1 atom stereocenters. The van der Waals surface area contributed by atoms with Crippen LogP contribution in [0.15, 0.2) is 12.4 Å². The van der Waals surface area contributed by atoms with Gasteiger partial charge in [-0.2, -0.15) is 0 Å². The van der Waals surface area contributed by atoms with E-state index in [1.165, 1.54) is 44.9 Å². The molecule has 1 aliphatic heterocycles. The average molecular weight is 292 g/mol. The molecule has 5 heteroatoms. The fourth-order valence-corrected chi connectivity index (χ4v) is 3.88. The molecule has 0 amide bonds. The standard InChI is InChI=1S/C16H28N4O/c21-16(15-4-2-1-3-5-15)13-19-9-6-14(7-10-19)12-20-11-8-17-18-20/h8,11,14-16,21H,1-7,9-10,12-13H2. The first-order valence-electron chi connectivity index (χ1n) is 8.56. The van der Waals surface area contributed by atoms with Gasteiger partial charge in [0.25, 0.3) is 0 Å². The monoisotopic (exact) mass is 292 g/mol. The van der Waals surface area contributed by atoms with Crippen molar-refractivity contribution in [2.75, 3.05) is 19.6 Å². The molecule has 0 aromatic carbocycles. The number of aromatic nitrogens is 3. The lowest BCUT2D eigenvalue weighted by atomic mass is 9.85. The summed E-state index contributed by atoms with van der Waals surface area (Å²) in [7, 11) is 0. The third-order valence-electron chi connectivity index (χ3n) is 5.26. The number of aliphatic hydroxyl groups excluding tert-OH is 1. The highest BCUT2D eigenvalue weighted by atomic mass is 16.3. The second-order valence-corrected chi connectivity index (χ2v) is 6.83. The van der Waals surface area contributed by atoms with Crippen LogP contribution in [-0.4, -0.2) is 50.7 Å². The van der Waals surface area contributed by atoms with E-state index in [9.17, 15) is 5.11 Å². The quantitative estimate of drug-likeness (QED) is 0.901. The first-order valence-corrected chi connectivity index (χ1v) is 8.56. The van der Waals surface area contributed by atoms with Crippen molar-refractivity contribution in [3.05, 3.63) is 12.4 Å². The molecule has 0 spiro atoms. The van der Waals surface area contributed by atoms with Crippen LogP contribution in [-0.2, 0) is 6.54 Å². The van der Waals surface area contributed by atoms with Crippen LogP contribution in [0.1, 0.15) is 44.9 Å². The van der Waals surface area contributed by atoms with Crippen LogP contribution in [0, 0.1) is 11.8 Å². The predicted octanol–water partition coefficient (Wildman–Crippen LogP) is 1.93. The Kier molecular flexibility index (Phi) is 5.25. The van der Waals surface area contributed by atoms with Gasteiger partial charge in [-0.3, -0.25) is 4.68 Å². The molecule has 21 heavy (non-hydrogen) atoms. The number of piperidine rings is 1. The summed E-state index contributed by atoms with van der Waals surface area (Å²) in [5.74, 6) is 1.25. The van der Waals surface area contributed by atoms with Gasteiger partial charge in [-0.15, -0.1) is 5.10 Å². The summed E-state index contributed by atoms with van der Waals surface area (Å²) >= 11 is 0. The van der Waals surface area contributed by atoms with E-state index in [2.05, 4.69) is 15.2 Å². The molecule has 1 saturated heterocycles. The van der Waals surface area contributed by atoms with E-state index in [1.807, 2.05) is 10.9 Å². The maximum Gasteiger partial charge on any atom is 0.0695 e. The molecule has 0 bridgehead atoms. The predicted molar refractivity (Wildman–Crippen MR) is 81.8 cm³/mol. The van der Waals surface area contributed by atoms with Crippen LogP contribution in [0.3, 0.4) is 0 Å². The number of β-amino-alcohol motifs (C(OH)–C–C–N with tert-alkyl or cyclic N) is 1. The maximum absolute atomic E-state index is 10.4. The topological polar surface area (TPSA) is 54.2 Å². The Bertz CT molecular complexity index is 394. The van der Waals surface area contributed by atoms with E-state index >= 15 is 0 Å². The van der Waals surface area contributed by atoms with Crippen molar-refractivity contribution in [1.82, 2.24) is 19.9 Å². The van der Waals surface area contributed by atoms with E-state index in [-0.39, 0.29) is 6.10 Å². The number of hydrogen-bond donors (Lipinski definition) is 1. The lowest BCUT2D eigenvalue weighted by Crippen LogP contribution is -2.42. The Labute approximate surface area is 127 Å². The number of likely N-dealkylation sites (tertiary alicyclic amines) is 1. The first kappa shape index (κ1) is 15.0. The van der Waals surface area contributed by atoms with E-state index in [0.29, 0.717) is 11.8 Å². The van der Waals surface area contributed by atoms with Gasteiger partial charge in [0.05, 0.1) is 12.3 Å². The summed E-state index contributed by atoms with van der Waals surface area (Å²) in [5, 5.41) is 18.4. The fourth-order valence-electron chi connectivity index (χ4n) is 3.88. The Balaban J connectivity index is 1.39. The summed E-state index contributed by atoms with van der Waals surface area (Å²) in [6, 6.07) is 0. The fraction of sp³-hybridized carbons (Fsp3) is 0.875. The highest BCUT2D eigenvalue weighted by Gasteiger charge is 2.26. The van der Waals surface area contributed by atoms with Crippen molar-refractivity contribution in [1.29, 1.82) is 0 Å². The molecule has 2 heterocycles. The molecule has 2 aliphatic rings. The molecule has 1 saturated carbocycles. The van der Waals surface area contributed by atoms with Crippen molar-refractivity contribution in [2.45, 2.75) is 57.6 Å². The van der Waals surface area contributed by atoms with Crippen molar-refractivity contribution < 1.29 is 5.11 Å². The van der Waals surface area contributed by atoms with Gasteiger partial charge in [-0.05, 0) is 50.6 Å². The summed E-state index contributed by atoms with van der Waals surface area (Å²) in [6.07, 6.45) is 12.4. The lowest BCUT2D eigenvalue weighted by molar-refractivity contribution is 0.0351. The van der Waals surface area contributed by atoms with Gasteiger partial charge in [0.2, 0.25) is 0 Å². The first-order chi connectivity index (χ1) is 10.3. The summed E-state index contributed by atoms with van der Waals surface area (Å²) in [4.78, 5) is 2.46.